The van der Waals surface area contributed by atoms with E-state index >= 15 is 0 Å². The highest BCUT2D eigenvalue weighted by Crippen LogP contribution is 2.30. The molecular weight excluding hydrogens is 270 g/mol. The second-order valence-corrected chi connectivity index (χ2v) is 4.89. The number of rotatable bonds is 2. The number of nitrogens with one attached hydrogen (secondary N) is 1. The third kappa shape index (κ3) is 2.24. The van der Waals surface area contributed by atoms with Crippen LogP contribution in [-0.4, -0.2) is 15.2 Å². The van der Waals surface area contributed by atoms with Gasteiger partial charge in [0.25, 0.3) is 0 Å². The molecule has 0 bridgehead atoms. The van der Waals surface area contributed by atoms with Crippen molar-refractivity contribution in [2.75, 3.05) is 5.73 Å². The number of nitrogen functional groups attached to an aromatic ring is 1. The molecular formula is C12H8F2N4S. The molecule has 0 aliphatic heterocycles. The number of aromatic nitrogens is 3. The van der Waals surface area contributed by atoms with Gasteiger partial charge in [-0.15, -0.1) is 0 Å². The van der Waals surface area contributed by atoms with Crippen LogP contribution in [0.25, 0.3) is 11.0 Å². The molecule has 96 valence electrons. The van der Waals surface area contributed by atoms with Gasteiger partial charge in [-0.3, -0.25) is 5.10 Å². The van der Waals surface area contributed by atoms with Crippen LogP contribution in [0.3, 0.4) is 0 Å². The second kappa shape index (κ2) is 4.51. The lowest BCUT2D eigenvalue weighted by atomic mass is 10.3. The average molecular weight is 278 g/mol. The predicted octanol–water partition coefficient (Wildman–Crippen LogP) is 2.97. The van der Waals surface area contributed by atoms with Crippen LogP contribution in [0.4, 0.5) is 14.6 Å². The van der Waals surface area contributed by atoms with Crippen molar-refractivity contribution in [2.45, 2.75) is 9.92 Å². The van der Waals surface area contributed by atoms with Crippen LogP contribution >= 0.6 is 11.8 Å². The molecule has 0 spiro atoms. The van der Waals surface area contributed by atoms with E-state index in [2.05, 4.69) is 15.2 Å². The summed E-state index contributed by atoms with van der Waals surface area (Å²) in [5.74, 6) is -0.937. The number of aromatic amines is 1. The minimum absolute atomic E-state index is 0.289. The Morgan fingerprint density at radius 1 is 1.16 bits per heavy atom. The van der Waals surface area contributed by atoms with E-state index in [1.54, 1.807) is 12.1 Å². The first-order chi connectivity index (χ1) is 9.13. The maximum absolute atomic E-state index is 13.5. The maximum Gasteiger partial charge on any atom is 0.171 e. The normalized spacial score (nSPS) is 11.1. The molecule has 7 heteroatoms. The summed E-state index contributed by atoms with van der Waals surface area (Å²) in [5, 5.41) is 7.12. The van der Waals surface area contributed by atoms with E-state index in [1.165, 1.54) is 12.1 Å². The van der Waals surface area contributed by atoms with Crippen LogP contribution < -0.4 is 5.73 Å². The number of fused-ring (bicyclic) bond motifs is 1. The van der Waals surface area contributed by atoms with Gasteiger partial charge in [-0.2, -0.15) is 5.10 Å². The molecule has 0 amide bonds. The number of benzene rings is 1. The number of anilines is 1. The van der Waals surface area contributed by atoms with Gasteiger partial charge in [-0.1, -0.05) is 11.8 Å². The van der Waals surface area contributed by atoms with Crippen molar-refractivity contribution in [3.05, 3.63) is 42.0 Å². The lowest BCUT2D eigenvalue weighted by Crippen LogP contribution is -1.88. The smallest absolute Gasteiger partial charge is 0.171 e. The van der Waals surface area contributed by atoms with Crippen molar-refractivity contribution in [1.29, 1.82) is 0 Å². The fourth-order valence-corrected chi connectivity index (χ4v) is 2.42. The number of H-pyrrole nitrogens is 1. The minimum Gasteiger partial charge on any atom is -0.380 e. The highest BCUT2D eigenvalue weighted by molar-refractivity contribution is 7.99. The van der Waals surface area contributed by atoms with Crippen molar-refractivity contribution < 1.29 is 8.78 Å². The molecule has 0 radical (unpaired) electrons. The van der Waals surface area contributed by atoms with E-state index in [-0.39, 0.29) is 5.82 Å². The van der Waals surface area contributed by atoms with E-state index < -0.39 is 11.6 Å². The van der Waals surface area contributed by atoms with Crippen LogP contribution in [-0.2, 0) is 0 Å². The standard InChI is InChI=1S/C12H8F2N4S/c13-6-1-3-9(7(14)5-6)19-10-4-2-8-11(16-10)12(15)18-17-8/h1-5H,(H3,15,17,18). The highest BCUT2D eigenvalue weighted by Gasteiger charge is 2.09. The molecule has 2 heterocycles. The van der Waals surface area contributed by atoms with E-state index in [0.29, 0.717) is 21.0 Å². The Morgan fingerprint density at radius 3 is 2.79 bits per heavy atom. The molecule has 0 saturated heterocycles. The van der Waals surface area contributed by atoms with E-state index in [4.69, 9.17) is 5.73 Å². The summed E-state index contributed by atoms with van der Waals surface area (Å²) < 4.78 is 26.3. The lowest BCUT2D eigenvalue weighted by Gasteiger charge is -2.02. The van der Waals surface area contributed by atoms with Gasteiger partial charge in [0.1, 0.15) is 22.2 Å². The maximum atomic E-state index is 13.5. The summed E-state index contributed by atoms with van der Waals surface area (Å²) in [7, 11) is 0. The topological polar surface area (TPSA) is 67.6 Å². The largest absolute Gasteiger partial charge is 0.380 e. The molecule has 3 rings (SSSR count). The summed E-state index contributed by atoms with van der Waals surface area (Å²) in [5.41, 5.74) is 6.89. The molecule has 4 nitrogen and oxygen atoms in total. The quantitative estimate of drug-likeness (QED) is 0.756. The Bertz CT molecular complexity index is 757. The van der Waals surface area contributed by atoms with Gasteiger partial charge in [-0.05, 0) is 24.3 Å². The van der Waals surface area contributed by atoms with E-state index in [0.717, 1.165) is 17.8 Å². The third-order valence-electron chi connectivity index (χ3n) is 2.52. The molecule has 0 aliphatic rings. The van der Waals surface area contributed by atoms with Gasteiger partial charge >= 0.3 is 0 Å². The molecule has 19 heavy (non-hydrogen) atoms. The number of nitrogens with two attached hydrogens (primary N) is 1. The summed E-state index contributed by atoms with van der Waals surface area (Å²) in [6.45, 7) is 0. The number of pyridine rings is 1. The monoisotopic (exact) mass is 278 g/mol. The summed E-state index contributed by atoms with van der Waals surface area (Å²) >= 11 is 1.10. The minimum atomic E-state index is -0.618. The van der Waals surface area contributed by atoms with Gasteiger partial charge in [0, 0.05) is 11.0 Å². The SMILES string of the molecule is Nc1n[nH]c2ccc(Sc3ccc(F)cc3F)nc12. The van der Waals surface area contributed by atoms with Crippen molar-refractivity contribution in [1.82, 2.24) is 15.2 Å². The van der Waals surface area contributed by atoms with Crippen molar-refractivity contribution in [3.8, 4) is 0 Å². The number of hydrogen-bond acceptors (Lipinski definition) is 4. The van der Waals surface area contributed by atoms with E-state index in [9.17, 15) is 8.78 Å². The third-order valence-corrected chi connectivity index (χ3v) is 3.51. The molecule has 0 unspecified atom stereocenters. The zero-order valence-corrected chi connectivity index (χ0v) is 10.3. The Labute approximate surface area is 111 Å². The van der Waals surface area contributed by atoms with Crippen LogP contribution in [0, 0.1) is 11.6 Å². The molecule has 3 aromatic rings. The number of hydrogen-bond donors (Lipinski definition) is 2. The first-order valence-electron chi connectivity index (χ1n) is 5.37. The Balaban J connectivity index is 1.98. The fourth-order valence-electron chi connectivity index (χ4n) is 1.63. The summed E-state index contributed by atoms with van der Waals surface area (Å²) in [6, 6.07) is 6.89. The van der Waals surface area contributed by atoms with Crippen molar-refractivity contribution in [3.63, 3.8) is 0 Å². The summed E-state index contributed by atoms with van der Waals surface area (Å²) in [4.78, 5) is 4.58. The van der Waals surface area contributed by atoms with Crippen LogP contribution in [0.15, 0.2) is 40.3 Å². The van der Waals surface area contributed by atoms with Gasteiger partial charge < -0.3 is 5.73 Å². The van der Waals surface area contributed by atoms with Crippen molar-refractivity contribution in [2.24, 2.45) is 0 Å². The Kier molecular flexibility index (Phi) is 2.83. The summed E-state index contributed by atoms with van der Waals surface area (Å²) in [6.07, 6.45) is 0. The number of halogens is 2. The number of nitrogens with zero attached hydrogens (tertiary/aromatic N) is 2. The van der Waals surface area contributed by atoms with Crippen LogP contribution in [0.2, 0.25) is 0 Å². The van der Waals surface area contributed by atoms with Gasteiger partial charge in [0.05, 0.1) is 5.52 Å². The second-order valence-electron chi connectivity index (χ2n) is 3.83. The van der Waals surface area contributed by atoms with Crippen molar-refractivity contribution >= 4 is 28.6 Å². The first kappa shape index (κ1) is 11.9. The molecule has 3 N–H and O–H groups in total. The van der Waals surface area contributed by atoms with E-state index in [1.807, 2.05) is 0 Å². The van der Waals surface area contributed by atoms with Crippen LogP contribution in [0.1, 0.15) is 0 Å². The molecule has 0 atom stereocenters. The molecule has 0 fully saturated rings. The first-order valence-corrected chi connectivity index (χ1v) is 6.18. The zero-order valence-electron chi connectivity index (χ0n) is 9.52. The predicted molar refractivity (Wildman–Crippen MR) is 68.8 cm³/mol. The fraction of sp³-hybridized carbons (Fsp3) is 0. The van der Waals surface area contributed by atoms with Gasteiger partial charge in [0.2, 0.25) is 0 Å². The van der Waals surface area contributed by atoms with Gasteiger partial charge in [0.15, 0.2) is 5.82 Å². The average Bonchev–Trinajstić information content (AvgIpc) is 2.75. The van der Waals surface area contributed by atoms with Gasteiger partial charge in [-0.25, -0.2) is 13.8 Å². The Hall–Kier alpha value is -2.15. The molecule has 0 saturated carbocycles. The molecule has 1 aromatic carbocycles. The Morgan fingerprint density at radius 2 is 2.00 bits per heavy atom. The molecule has 0 aliphatic carbocycles. The lowest BCUT2D eigenvalue weighted by molar-refractivity contribution is 0.565. The zero-order chi connectivity index (χ0) is 13.4. The highest BCUT2D eigenvalue weighted by atomic mass is 32.2. The molecule has 2 aromatic heterocycles. The van der Waals surface area contributed by atoms with Crippen LogP contribution in [0.5, 0.6) is 0 Å².